The zero-order chi connectivity index (χ0) is 20.8. The highest BCUT2D eigenvalue weighted by Gasteiger charge is 2.32. The summed E-state index contributed by atoms with van der Waals surface area (Å²) in [6.45, 7) is 6.20. The number of carbonyl (C=O) groups is 1. The van der Waals surface area contributed by atoms with Crippen LogP contribution < -0.4 is 4.90 Å². The molecule has 0 unspecified atom stereocenters. The maximum absolute atomic E-state index is 12.9. The molecule has 1 aromatic heterocycles. The van der Waals surface area contributed by atoms with E-state index in [0.717, 1.165) is 33.0 Å². The Bertz CT molecular complexity index is 1070. The number of fused-ring (bicyclic) bond motifs is 1. The molecule has 1 saturated heterocycles. The van der Waals surface area contributed by atoms with E-state index < -0.39 is 11.7 Å². The van der Waals surface area contributed by atoms with Crippen molar-refractivity contribution in [3.63, 3.8) is 0 Å². The molecule has 0 aliphatic carbocycles. The van der Waals surface area contributed by atoms with E-state index in [1.807, 2.05) is 6.92 Å². The van der Waals surface area contributed by atoms with Crippen molar-refractivity contribution in [3.8, 4) is 0 Å². The normalized spacial score (nSPS) is 15.2. The van der Waals surface area contributed by atoms with E-state index in [2.05, 4.69) is 24.0 Å². The summed E-state index contributed by atoms with van der Waals surface area (Å²) in [6, 6.07) is 8.84. The number of anilines is 1. The van der Waals surface area contributed by atoms with Gasteiger partial charge in [-0.25, -0.2) is 4.98 Å². The minimum absolute atomic E-state index is 0.0689. The van der Waals surface area contributed by atoms with Gasteiger partial charge in [0.25, 0.3) is 5.91 Å². The van der Waals surface area contributed by atoms with Crippen molar-refractivity contribution in [1.82, 2.24) is 9.88 Å². The highest BCUT2D eigenvalue weighted by molar-refractivity contribution is 7.22. The number of aromatic nitrogens is 1. The smallest absolute Gasteiger partial charge is 0.345 e. The lowest BCUT2D eigenvalue weighted by molar-refractivity contribution is -0.137. The first-order chi connectivity index (χ1) is 13.7. The summed E-state index contributed by atoms with van der Waals surface area (Å²) in [5.74, 6) is -0.369. The number of amides is 1. The predicted molar refractivity (Wildman–Crippen MR) is 109 cm³/mol. The summed E-state index contributed by atoms with van der Waals surface area (Å²) in [7, 11) is 0. The van der Waals surface area contributed by atoms with E-state index in [-0.39, 0.29) is 11.5 Å². The molecule has 2 aromatic carbocycles. The van der Waals surface area contributed by atoms with Crippen molar-refractivity contribution < 1.29 is 18.0 Å². The van der Waals surface area contributed by atoms with E-state index in [1.54, 1.807) is 16.2 Å². The van der Waals surface area contributed by atoms with Gasteiger partial charge in [0.2, 0.25) is 0 Å². The molecule has 0 saturated carbocycles. The zero-order valence-electron chi connectivity index (χ0n) is 16.1. The van der Waals surface area contributed by atoms with Crippen LogP contribution in [-0.2, 0) is 6.18 Å². The number of nitrogens with zero attached hydrogens (tertiary/aromatic N) is 3. The molecule has 4 nitrogen and oxygen atoms in total. The lowest BCUT2D eigenvalue weighted by Gasteiger charge is -2.34. The van der Waals surface area contributed by atoms with Gasteiger partial charge in [0, 0.05) is 31.7 Å². The Balaban J connectivity index is 1.47. The van der Waals surface area contributed by atoms with E-state index in [9.17, 15) is 18.0 Å². The Morgan fingerprint density at radius 3 is 2.48 bits per heavy atom. The molecule has 1 fully saturated rings. The van der Waals surface area contributed by atoms with Gasteiger partial charge in [0.05, 0.1) is 15.8 Å². The standard InChI is InChI=1S/C21H20F3N3OS/c1-13-10-14(2)18-17(11-13)29-20(25-18)27-8-6-26(7-9-27)19(28)15-4-3-5-16(12-15)21(22,23)24/h3-5,10-12H,6-9H2,1-2H3. The van der Waals surface area contributed by atoms with Crippen LogP contribution in [0.15, 0.2) is 36.4 Å². The molecular formula is C21H20F3N3OS. The van der Waals surface area contributed by atoms with Crippen molar-refractivity contribution in [3.05, 3.63) is 58.7 Å². The monoisotopic (exact) mass is 419 g/mol. The number of hydrogen-bond acceptors (Lipinski definition) is 4. The Morgan fingerprint density at radius 2 is 1.79 bits per heavy atom. The fourth-order valence-corrected chi connectivity index (χ4v) is 4.80. The van der Waals surface area contributed by atoms with Gasteiger partial charge in [0.1, 0.15) is 0 Å². The molecule has 1 amide bonds. The topological polar surface area (TPSA) is 36.4 Å². The Labute approximate surface area is 170 Å². The van der Waals surface area contributed by atoms with Crippen LogP contribution in [0.4, 0.5) is 18.3 Å². The predicted octanol–water partition coefficient (Wildman–Crippen LogP) is 4.89. The number of aryl methyl sites for hydroxylation is 2. The van der Waals surface area contributed by atoms with E-state index in [0.29, 0.717) is 26.2 Å². The molecular weight excluding hydrogens is 399 g/mol. The van der Waals surface area contributed by atoms with Gasteiger partial charge in [-0.1, -0.05) is 23.5 Å². The van der Waals surface area contributed by atoms with Crippen LogP contribution in [0.2, 0.25) is 0 Å². The third kappa shape index (κ3) is 3.94. The van der Waals surface area contributed by atoms with Gasteiger partial charge in [-0.3, -0.25) is 4.79 Å². The number of alkyl halides is 3. The summed E-state index contributed by atoms with van der Waals surface area (Å²) in [5, 5.41) is 0.917. The number of thiazole rings is 1. The third-order valence-electron chi connectivity index (χ3n) is 5.09. The van der Waals surface area contributed by atoms with Gasteiger partial charge in [-0.05, 0) is 49.2 Å². The number of halogens is 3. The van der Waals surface area contributed by atoms with Gasteiger partial charge in [0.15, 0.2) is 5.13 Å². The van der Waals surface area contributed by atoms with Crippen LogP contribution in [0.3, 0.4) is 0 Å². The number of hydrogen-bond donors (Lipinski definition) is 0. The van der Waals surface area contributed by atoms with Crippen molar-refractivity contribution >= 4 is 32.6 Å². The summed E-state index contributed by atoms with van der Waals surface area (Å²) in [5.41, 5.74) is 2.60. The Hall–Kier alpha value is -2.61. The molecule has 0 spiro atoms. The number of benzene rings is 2. The first-order valence-electron chi connectivity index (χ1n) is 9.31. The molecule has 1 aliphatic rings. The molecule has 0 atom stereocenters. The number of piperazine rings is 1. The number of rotatable bonds is 2. The molecule has 2 heterocycles. The van der Waals surface area contributed by atoms with Gasteiger partial charge < -0.3 is 9.80 Å². The third-order valence-corrected chi connectivity index (χ3v) is 6.16. The first kappa shape index (κ1) is 19.7. The van der Waals surface area contributed by atoms with Crippen LogP contribution >= 0.6 is 11.3 Å². The van der Waals surface area contributed by atoms with Crippen LogP contribution in [0.25, 0.3) is 10.2 Å². The van der Waals surface area contributed by atoms with Crippen molar-refractivity contribution in [2.24, 2.45) is 0 Å². The van der Waals surface area contributed by atoms with E-state index >= 15 is 0 Å². The van der Waals surface area contributed by atoms with Gasteiger partial charge >= 0.3 is 6.18 Å². The van der Waals surface area contributed by atoms with Crippen LogP contribution in [0.1, 0.15) is 27.0 Å². The Morgan fingerprint density at radius 1 is 1.07 bits per heavy atom. The SMILES string of the molecule is Cc1cc(C)c2nc(N3CCN(C(=O)c4cccc(C(F)(F)F)c4)CC3)sc2c1. The molecule has 0 N–H and O–H groups in total. The second-order valence-corrected chi connectivity index (χ2v) is 8.29. The lowest BCUT2D eigenvalue weighted by Crippen LogP contribution is -2.48. The van der Waals surface area contributed by atoms with E-state index in [4.69, 9.17) is 4.98 Å². The highest BCUT2D eigenvalue weighted by Crippen LogP contribution is 2.33. The molecule has 4 rings (SSSR count). The zero-order valence-corrected chi connectivity index (χ0v) is 16.9. The summed E-state index contributed by atoms with van der Waals surface area (Å²) in [6.07, 6.45) is -4.46. The van der Waals surface area contributed by atoms with Crippen LogP contribution in [0, 0.1) is 13.8 Å². The summed E-state index contributed by atoms with van der Waals surface area (Å²) in [4.78, 5) is 21.2. The first-order valence-corrected chi connectivity index (χ1v) is 10.1. The van der Waals surface area contributed by atoms with Crippen molar-refractivity contribution in [1.29, 1.82) is 0 Å². The fraction of sp³-hybridized carbons (Fsp3) is 0.333. The van der Waals surface area contributed by atoms with Crippen molar-refractivity contribution in [2.45, 2.75) is 20.0 Å². The maximum Gasteiger partial charge on any atom is 0.416 e. The lowest BCUT2D eigenvalue weighted by atomic mass is 10.1. The number of carbonyl (C=O) groups excluding carboxylic acids is 1. The minimum Gasteiger partial charge on any atom is -0.345 e. The quantitative estimate of drug-likeness (QED) is 0.593. The Kier molecular flexibility index (Phi) is 4.98. The largest absolute Gasteiger partial charge is 0.416 e. The van der Waals surface area contributed by atoms with Crippen LogP contribution in [0.5, 0.6) is 0 Å². The van der Waals surface area contributed by atoms with Gasteiger partial charge in [-0.2, -0.15) is 13.2 Å². The molecule has 29 heavy (non-hydrogen) atoms. The van der Waals surface area contributed by atoms with Crippen LogP contribution in [-0.4, -0.2) is 42.0 Å². The average molecular weight is 419 g/mol. The highest BCUT2D eigenvalue weighted by atomic mass is 32.1. The molecule has 8 heteroatoms. The average Bonchev–Trinajstić information content (AvgIpc) is 3.11. The minimum atomic E-state index is -4.46. The fourth-order valence-electron chi connectivity index (χ4n) is 3.61. The second kappa shape index (κ2) is 7.33. The summed E-state index contributed by atoms with van der Waals surface area (Å²) >= 11 is 1.63. The second-order valence-electron chi connectivity index (χ2n) is 7.28. The van der Waals surface area contributed by atoms with E-state index in [1.165, 1.54) is 17.7 Å². The summed E-state index contributed by atoms with van der Waals surface area (Å²) < 4.78 is 39.9. The molecule has 0 bridgehead atoms. The van der Waals surface area contributed by atoms with Gasteiger partial charge in [-0.15, -0.1) is 0 Å². The molecule has 152 valence electrons. The maximum atomic E-state index is 12.9. The molecule has 0 radical (unpaired) electrons. The molecule has 3 aromatic rings. The molecule has 1 aliphatic heterocycles. The van der Waals surface area contributed by atoms with Crippen molar-refractivity contribution in [2.75, 3.05) is 31.1 Å².